The van der Waals surface area contributed by atoms with Crippen molar-refractivity contribution in [3.63, 3.8) is 0 Å². The predicted octanol–water partition coefficient (Wildman–Crippen LogP) is 3.46. The lowest BCUT2D eigenvalue weighted by atomic mass is 10.1. The Balaban J connectivity index is 2.06. The molecule has 2 N–H and O–H groups in total. The Labute approximate surface area is 123 Å². The fourth-order valence-electron chi connectivity index (χ4n) is 2.14. The van der Waals surface area contributed by atoms with Crippen molar-refractivity contribution in [1.82, 2.24) is 5.32 Å². The van der Waals surface area contributed by atoms with Crippen LogP contribution in [0.5, 0.6) is 5.75 Å². The molecule has 0 fully saturated rings. The van der Waals surface area contributed by atoms with Gasteiger partial charge in [0.05, 0.1) is 4.92 Å². The van der Waals surface area contributed by atoms with Crippen LogP contribution >= 0.6 is 0 Å². The number of aromatic hydroxyl groups is 1. The Bertz CT molecular complexity index is 656. The number of nitrogens with one attached hydrogen (secondary N) is 1. The van der Waals surface area contributed by atoms with Crippen molar-refractivity contribution in [3.8, 4) is 5.75 Å². The van der Waals surface area contributed by atoms with Crippen LogP contribution in [0.15, 0.2) is 42.5 Å². The molecule has 2 aromatic carbocycles. The number of hydrogen-bond donors (Lipinski definition) is 2. The molecule has 0 saturated carbocycles. The van der Waals surface area contributed by atoms with Crippen molar-refractivity contribution in [2.24, 2.45) is 0 Å². The average Bonchev–Trinajstić information content (AvgIpc) is 2.45. The highest BCUT2D eigenvalue weighted by Crippen LogP contribution is 2.21. The highest BCUT2D eigenvalue weighted by atomic mass is 16.6. The molecule has 0 aliphatic rings. The van der Waals surface area contributed by atoms with E-state index in [1.807, 2.05) is 19.1 Å². The second-order valence-corrected chi connectivity index (χ2v) is 5.08. The molecule has 5 nitrogen and oxygen atoms in total. The van der Waals surface area contributed by atoms with Crippen LogP contribution in [0.2, 0.25) is 0 Å². The maximum atomic E-state index is 10.9. The van der Waals surface area contributed by atoms with E-state index >= 15 is 0 Å². The van der Waals surface area contributed by atoms with Crippen LogP contribution < -0.4 is 5.32 Å². The zero-order valence-electron chi connectivity index (χ0n) is 12.0. The van der Waals surface area contributed by atoms with E-state index in [2.05, 4.69) is 5.32 Å². The number of nitro benzene ring substituents is 1. The Kier molecular flexibility index (Phi) is 4.55. The lowest BCUT2D eigenvalue weighted by Gasteiger charge is -2.14. The largest absolute Gasteiger partial charge is 0.508 e. The summed E-state index contributed by atoms with van der Waals surface area (Å²) in [6.07, 6.45) is 0. The predicted molar refractivity (Wildman–Crippen MR) is 81.2 cm³/mol. The topological polar surface area (TPSA) is 75.4 Å². The molecule has 0 aliphatic heterocycles. The van der Waals surface area contributed by atoms with Gasteiger partial charge >= 0.3 is 0 Å². The average molecular weight is 286 g/mol. The summed E-state index contributed by atoms with van der Waals surface area (Å²) < 4.78 is 0. The van der Waals surface area contributed by atoms with Gasteiger partial charge in [-0.2, -0.15) is 0 Å². The van der Waals surface area contributed by atoms with Crippen LogP contribution in [-0.4, -0.2) is 10.0 Å². The molecule has 5 heteroatoms. The third-order valence-corrected chi connectivity index (χ3v) is 3.45. The monoisotopic (exact) mass is 286 g/mol. The minimum Gasteiger partial charge on any atom is -0.508 e. The molecule has 0 spiro atoms. The van der Waals surface area contributed by atoms with Gasteiger partial charge in [-0.1, -0.05) is 24.3 Å². The molecular weight excluding hydrogens is 268 g/mol. The number of aryl methyl sites for hydroxylation is 1. The van der Waals surface area contributed by atoms with Crippen LogP contribution in [0, 0.1) is 17.0 Å². The van der Waals surface area contributed by atoms with Gasteiger partial charge < -0.3 is 10.4 Å². The summed E-state index contributed by atoms with van der Waals surface area (Å²) in [6.45, 7) is 4.24. The van der Waals surface area contributed by atoms with Crippen molar-refractivity contribution in [2.75, 3.05) is 0 Å². The van der Waals surface area contributed by atoms with Gasteiger partial charge in [-0.25, -0.2) is 0 Å². The molecule has 2 rings (SSSR count). The summed E-state index contributed by atoms with van der Waals surface area (Å²) in [5.41, 5.74) is 2.63. The van der Waals surface area contributed by atoms with E-state index in [-0.39, 0.29) is 22.4 Å². The zero-order valence-corrected chi connectivity index (χ0v) is 12.0. The fourth-order valence-corrected chi connectivity index (χ4v) is 2.14. The molecule has 0 bridgehead atoms. The van der Waals surface area contributed by atoms with E-state index in [0.717, 1.165) is 11.1 Å². The summed E-state index contributed by atoms with van der Waals surface area (Å²) in [7, 11) is 0. The van der Waals surface area contributed by atoms with Crippen molar-refractivity contribution < 1.29 is 10.0 Å². The smallest absolute Gasteiger partial charge is 0.272 e. The lowest BCUT2D eigenvalue weighted by molar-refractivity contribution is -0.385. The van der Waals surface area contributed by atoms with Crippen LogP contribution in [-0.2, 0) is 6.54 Å². The van der Waals surface area contributed by atoms with E-state index in [1.165, 1.54) is 0 Å². The lowest BCUT2D eigenvalue weighted by Crippen LogP contribution is -2.18. The molecule has 0 aromatic heterocycles. The van der Waals surface area contributed by atoms with Gasteiger partial charge in [-0.15, -0.1) is 0 Å². The van der Waals surface area contributed by atoms with Gasteiger partial charge in [-0.3, -0.25) is 10.1 Å². The van der Waals surface area contributed by atoms with Crippen molar-refractivity contribution in [2.45, 2.75) is 26.4 Å². The van der Waals surface area contributed by atoms with Crippen molar-refractivity contribution in [1.29, 1.82) is 0 Å². The number of nitrogens with zero attached hydrogens (tertiary/aromatic N) is 1. The van der Waals surface area contributed by atoms with E-state index in [1.54, 1.807) is 37.3 Å². The van der Waals surface area contributed by atoms with Crippen molar-refractivity contribution >= 4 is 5.69 Å². The summed E-state index contributed by atoms with van der Waals surface area (Å²) in [6, 6.07) is 12.3. The zero-order chi connectivity index (χ0) is 15.4. The standard InChI is InChI=1S/C16H18N2O3/c1-11-6-7-13(8-16(11)18(20)21)10-17-12(2)14-4-3-5-15(19)9-14/h3-9,12,17,19H,10H2,1-2H3. The first-order chi connectivity index (χ1) is 9.97. The number of hydrogen-bond acceptors (Lipinski definition) is 4. The second kappa shape index (κ2) is 6.37. The van der Waals surface area contributed by atoms with E-state index < -0.39 is 0 Å². The van der Waals surface area contributed by atoms with E-state index in [9.17, 15) is 15.2 Å². The molecule has 1 atom stereocenters. The third kappa shape index (κ3) is 3.79. The van der Waals surface area contributed by atoms with Crippen LogP contribution in [0.25, 0.3) is 0 Å². The maximum absolute atomic E-state index is 10.9. The molecule has 21 heavy (non-hydrogen) atoms. The van der Waals surface area contributed by atoms with Gasteiger partial charge in [0.1, 0.15) is 5.75 Å². The number of nitro groups is 1. The SMILES string of the molecule is Cc1ccc(CNC(C)c2cccc(O)c2)cc1[N+](=O)[O-]. The normalized spacial score (nSPS) is 12.1. The molecule has 0 radical (unpaired) electrons. The molecule has 0 aliphatic carbocycles. The maximum Gasteiger partial charge on any atom is 0.272 e. The molecule has 1 unspecified atom stereocenters. The first-order valence-electron chi connectivity index (χ1n) is 6.73. The van der Waals surface area contributed by atoms with Crippen molar-refractivity contribution in [3.05, 3.63) is 69.3 Å². The minimum atomic E-state index is -0.364. The summed E-state index contributed by atoms with van der Waals surface area (Å²) in [5, 5.41) is 23.7. The number of rotatable bonds is 5. The molecule has 0 heterocycles. The van der Waals surface area contributed by atoms with Gasteiger partial charge in [0, 0.05) is 24.2 Å². The van der Waals surface area contributed by atoms with Crippen LogP contribution in [0.3, 0.4) is 0 Å². The number of phenols is 1. The highest BCUT2D eigenvalue weighted by molar-refractivity contribution is 5.42. The van der Waals surface area contributed by atoms with Gasteiger partial charge in [0.2, 0.25) is 0 Å². The highest BCUT2D eigenvalue weighted by Gasteiger charge is 2.12. The first-order valence-corrected chi connectivity index (χ1v) is 6.73. The van der Waals surface area contributed by atoms with E-state index in [0.29, 0.717) is 12.1 Å². The second-order valence-electron chi connectivity index (χ2n) is 5.08. The first kappa shape index (κ1) is 15.0. The fraction of sp³-hybridized carbons (Fsp3) is 0.250. The quantitative estimate of drug-likeness (QED) is 0.652. The minimum absolute atomic E-state index is 0.0393. The van der Waals surface area contributed by atoms with E-state index in [4.69, 9.17) is 0 Å². The summed E-state index contributed by atoms with van der Waals surface area (Å²) >= 11 is 0. The molecule has 0 saturated heterocycles. The Morgan fingerprint density at radius 1 is 1.29 bits per heavy atom. The van der Waals surface area contributed by atoms with Gasteiger partial charge in [-0.05, 0) is 37.1 Å². The Hall–Kier alpha value is -2.40. The Morgan fingerprint density at radius 3 is 2.71 bits per heavy atom. The van der Waals surface area contributed by atoms with Crippen LogP contribution in [0.1, 0.15) is 29.7 Å². The van der Waals surface area contributed by atoms with Gasteiger partial charge in [0.25, 0.3) is 5.69 Å². The number of phenolic OH excluding ortho intramolecular Hbond substituents is 1. The molecular formula is C16H18N2O3. The summed E-state index contributed by atoms with van der Waals surface area (Å²) in [4.78, 5) is 10.6. The number of benzene rings is 2. The summed E-state index contributed by atoms with van der Waals surface area (Å²) in [5.74, 6) is 0.229. The van der Waals surface area contributed by atoms with Gasteiger partial charge in [0.15, 0.2) is 0 Å². The third-order valence-electron chi connectivity index (χ3n) is 3.45. The molecule has 110 valence electrons. The molecule has 2 aromatic rings. The molecule has 0 amide bonds. The van der Waals surface area contributed by atoms with Crippen LogP contribution in [0.4, 0.5) is 5.69 Å². The Morgan fingerprint density at radius 2 is 2.05 bits per heavy atom.